The number of amides is 2. The van der Waals surface area contributed by atoms with Gasteiger partial charge >= 0.3 is 18.0 Å². The molecule has 8 heteroatoms. The molecule has 194 valence electrons. The number of rotatable bonds is 13. The van der Waals surface area contributed by atoms with Crippen LogP contribution in [0, 0.1) is 6.92 Å². The Labute approximate surface area is 208 Å². The number of unbranched alkanes of at least 4 members (excludes halogenated alkanes) is 1. The number of primary amides is 1. The molecule has 1 aromatic carbocycles. The minimum Gasteiger partial charge on any atom is -0.496 e. The second kappa shape index (κ2) is 13.2. The van der Waals surface area contributed by atoms with Gasteiger partial charge in [-0.25, -0.2) is 9.59 Å². The first-order valence-electron chi connectivity index (χ1n) is 12.5. The zero-order valence-electron chi connectivity index (χ0n) is 21.9. The Balaban J connectivity index is 2.62. The van der Waals surface area contributed by atoms with Gasteiger partial charge in [-0.2, -0.15) is 0 Å². The predicted octanol–water partition coefficient (Wildman–Crippen LogP) is 5.36. The van der Waals surface area contributed by atoms with Crippen LogP contribution < -0.4 is 15.8 Å². The van der Waals surface area contributed by atoms with Gasteiger partial charge in [-0.15, -0.1) is 0 Å². The summed E-state index contributed by atoms with van der Waals surface area (Å²) in [5, 5.41) is 2.54. The summed E-state index contributed by atoms with van der Waals surface area (Å²) in [6, 6.07) is -0.766. The van der Waals surface area contributed by atoms with Crippen LogP contribution in [0.5, 0.6) is 5.75 Å². The minimum absolute atomic E-state index is 0.126. The van der Waals surface area contributed by atoms with E-state index in [2.05, 4.69) is 25.2 Å². The molecule has 0 aromatic heterocycles. The lowest BCUT2D eigenvalue weighted by molar-refractivity contribution is -0.143. The maximum absolute atomic E-state index is 13.1. The third-order valence-electron chi connectivity index (χ3n) is 6.54. The number of nitrogens with one attached hydrogen (secondary N) is 1. The lowest BCUT2D eigenvalue weighted by atomic mass is 9.80. The first-order valence-corrected chi connectivity index (χ1v) is 12.5. The van der Waals surface area contributed by atoms with Crippen LogP contribution in [0.1, 0.15) is 111 Å². The molecule has 2 amide bonds. The maximum atomic E-state index is 13.1. The van der Waals surface area contributed by atoms with Crippen molar-refractivity contribution in [2.75, 3.05) is 13.7 Å². The number of ether oxygens (including phenoxy) is 3. The second-order valence-corrected chi connectivity index (χ2v) is 8.94. The van der Waals surface area contributed by atoms with E-state index in [4.69, 9.17) is 19.9 Å². The molecule has 1 aliphatic rings. The van der Waals surface area contributed by atoms with Gasteiger partial charge in [0, 0.05) is 23.1 Å². The van der Waals surface area contributed by atoms with Gasteiger partial charge in [0.1, 0.15) is 5.75 Å². The summed E-state index contributed by atoms with van der Waals surface area (Å²) in [7, 11) is 1.61. The van der Waals surface area contributed by atoms with Gasteiger partial charge < -0.3 is 19.9 Å². The van der Waals surface area contributed by atoms with Gasteiger partial charge in [0.25, 0.3) is 0 Å². The van der Waals surface area contributed by atoms with Crippen molar-refractivity contribution in [2.45, 2.75) is 91.7 Å². The molecule has 0 bridgehead atoms. The highest BCUT2D eigenvalue weighted by molar-refractivity contribution is 5.98. The van der Waals surface area contributed by atoms with Crippen LogP contribution in [0.4, 0.5) is 4.79 Å². The van der Waals surface area contributed by atoms with Gasteiger partial charge in [0.2, 0.25) is 6.23 Å². The van der Waals surface area contributed by atoms with Crippen LogP contribution in [0.3, 0.4) is 0 Å². The average molecular weight is 489 g/mol. The molecule has 2 atom stereocenters. The molecule has 0 saturated carbocycles. The number of hydrogen-bond acceptors (Lipinski definition) is 6. The van der Waals surface area contributed by atoms with Crippen molar-refractivity contribution in [1.29, 1.82) is 0 Å². The smallest absolute Gasteiger partial charge is 0.341 e. The summed E-state index contributed by atoms with van der Waals surface area (Å²) in [6.45, 7) is 10.3. The lowest BCUT2D eigenvalue weighted by Crippen LogP contribution is -2.33. The third-order valence-corrected chi connectivity index (χ3v) is 6.54. The molecule has 35 heavy (non-hydrogen) atoms. The van der Waals surface area contributed by atoms with E-state index in [0.717, 1.165) is 47.9 Å². The van der Waals surface area contributed by atoms with Gasteiger partial charge in [-0.1, -0.05) is 38.3 Å². The molecule has 0 spiro atoms. The van der Waals surface area contributed by atoms with Gasteiger partial charge in [0.05, 0.1) is 19.3 Å². The third kappa shape index (κ3) is 6.77. The number of carbonyl (C=O) groups excluding carboxylic acids is 3. The number of esters is 2. The Kier molecular flexibility index (Phi) is 10.6. The Bertz CT molecular complexity index is 969. The maximum Gasteiger partial charge on any atom is 0.341 e. The van der Waals surface area contributed by atoms with E-state index >= 15 is 0 Å². The number of methoxy groups -OCH3 is 1. The standard InChI is InChI=1S/C27H40N2O6/c1-7-10-11-18(8-2)22-19(14-12-16(4)13-15-20(30)34-9-3)24(33-6)17(5)21-23(22)26(31)35-25(21)29-27(28)32/h12,18,25H,7-11,13-15H2,1-6H3,(H3,28,29,32). The zero-order valence-corrected chi connectivity index (χ0v) is 21.9. The number of benzene rings is 1. The SMILES string of the molecule is CCCCC(CC)c1c(CC=C(C)CCC(=O)OCC)c(OC)c(C)c2c1C(=O)OC2NC(N)=O. The fourth-order valence-electron chi connectivity index (χ4n) is 4.80. The quantitative estimate of drug-likeness (QED) is 0.285. The fourth-order valence-corrected chi connectivity index (χ4v) is 4.80. The Morgan fingerprint density at radius 1 is 1.23 bits per heavy atom. The monoisotopic (exact) mass is 488 g/mol. The zero-order chi connectivity index (χ0) is 26.1. The number of carbonyl (C=O) groups is 3. The van der Waals surface area contributed by atoms with Crippen LogP contribution in [0.25, 0.3) is 0 Å². The Morgan fingerprint density at radius 3 is 2.51 bits per heavy atom. The van der Waals surface area contributed by atoms with Gasteiger partial charge in [0.15, 0.2) is 0 Å². The number of fused-ring (bicyclic) bond motifs is 1. The van der Waals surface area contributed by atoms with Crippen molar-refractivity contribution in [2.24, 2.45) is 5.73 Å². The summed E-state index contributed by atoms with van der Waals surface area (Å²) in [5.41, 5.74) is 10.1. The normalized spacial score (nSPS) is 15.9. The minimum atomic E-state index is -0.942. The predicted molar refractivity (Wildman–Crippen MR) is 134 cm³/mol. The molecule has 0 saturated heterocycles. The van der Waals surface area contributed by atoms with Crippen molar-refractivity contribution >= 4 is 18.0 Å². The van der Waals surface area contributed by atoms with E-state index in [1.807, 2.05) is 13.8 Å². The molecule has 0 fully saturated rings. The summed E-state index contributed by atoms with van der Waals surface area (Å²) < 4.78 is 16.5. The van der Waals surface area contributed by atoms with E-state index in [1.54, 1.807) is 14.0 Å². The molecular weight excluding hydrogens is 448 g/mol. The van der Waals surface area contributed by atoms with Crippen LogP contribution >= 0.6 is 0 Å². The summed E-state index contributed by atoms with van der Waals surface area (Å²) in [6.07, 6.45) is 6.44. The fraction of sp³-hybridized carbons (Fsp3) is 0.593. The molecule has 3 N–H and O–H groups in total. The highest BCUT2D eigenvalue weighted by Gasteiger charge is 2.40. The molecule has 0 radical (unpaired) electrons. The molecular formula is C27H40N2O6. The van der Waals surface area contributed by atoms with Crippen LogP contribution in [-0.4, -0.2) is 31.7 Å². The molecule has 1 aromatic rings. The summed E-state index contributed by atoms with van der Waals surface area (Å²) >= 11 is 0. The van der Waals surface area contributed by atoms with E-state index < -0.39 is 18.2 Å². The topological polar surface area (TPSA) is 117 Å². The molecule has 8 nitrogen and oxygen atoms in total. The Morgan fingerprint density at radius 2 is 1.94 bits per heavy atom. The first-order chi connectivity index (χ1) is 16.7. The van der Waals surface area contributed by atoms with Crippen LogP contribution in [-0.2, 0) is 20.7 Å². The number of cyclic esters (lactones) is 1. The van der Waals surface area contributed by atoms with E-state index in [1.165, 1.54) is 0 Å². The second-order valence-electron chi connectivity index (χ2n) is 8.94. The number of nitrogens with two attached hydrogens (primary N) is 1. The lowest BCUT2D eigenvalue weighted by Gasteiger charge is -2.25. The van der Waals surface area contributed by atoms with Crippen LogP contribution in [0.2, 0.25) is 0 Å². The molecule has 2 unspecified atom stereocenters. The highest BCUT2D eigenvalue weighted by atomic mass is 16.6. The number of urea groups is 1. The highest BCUT2D eigenvalue weighted by Crippen LogP contribution is 2.46. The van der Waals surface area contributed by atoms with E-state index in [0.29, 0.717) is 42.7 Å². The van der Waals surface area contributed by atoms with Crippen molar-refractivity contribution in [1.82, 2.24) is 5.32 Å². The van der Waals surface area contributed by atoms with E-state index in [9.17, 15) is 14.4 Å². The van der Waals surface area contributed by atoms with Crippen molar-refractivity contribution in [3.63, 3.8) is 0 Å². The van der Waals surface area contributed by atoms with Crippen molar-refractivity contribution in [3.8, 4) is 5.75 Å². The molecule has 0 aliphatic carbocycles. The van der Waals surface area contributed by atoms with Crippen LogP contribution in [0.15, 0.2) is 11.6 Å². The van der Waals surface area contributed by atoms with Crippen molar-refractivity contribution in [3.05, 3.63) is 39.5 Å². The van der Waals surface area contributed by atoms with Crippen molar-refractivity contribution < 1.29 is 28.6 Å². The number of hydrogen-bond donors (Lipinski definition) is 2. The molecule has 1 heterocycles. The molecule has 1 aliphatic heterocycles. The largest absolute Gasteiger partial charge is 0.496 e. The first kappa shape index (κ1) is 28.2. The average Bonchev–Trinajstić information content (AvgIpc) is 3.13. The van der Waals surface area contributed by atoms with Gasteiger partial charge in [-0.3, -0.25) is 10.1 Å². The summed E-state index contributed by atoms with van der Waals surface area (Å²) in [4.78, 5) is 36.5. The van der Waals surface area contributed by atoms with E-state index in [-0.39, 0.29) is 11.9 Å². The Hall–Kier alpha value is -3.03. The van der Waals surface area contributed by atoms with Gasteiger partial charge in [-0.05, 0) is 57.9 Å². The number of allylic oxidation sites excluding steroid dienone is 2. The summed E-state index contributed by atoms with van der Waals surface area (Å²) in [5.74, 6) is 0.131. The molecule has 2 rings (SSSR count).